The van der Waals surface area contributed by atoms with Crippen molar-refractivity contribution in [2.75, 3.05) is 7.11 Å². The van der Waals surface area contributed by atoms with Crippen LogP contribution in [0.4, 0.5) is 10.1 Å². The number of hydrogen-bond donors (Lipinski definition) is 1. The molecule has 0 aliphatic carbocycles. The minimum Gasteiger partial charge on any atom is -0.457 e. The van der Waals surface area contributed by atoms with E-state index >= 15 is 0 Å². The molecule has 0 spiro atoms. The largest absolute Gasteiger partial charge is 0.457 e. The smallest absolute Gasteiger partial charge is 0.299 e. The van der Waals surface area contributed by atoms with Gasteiger partial charge in [-0.25, -0.2) is 4.39 Å². The molecule has 3 aromatic rings. The molecule has 1 N–H and O–H groups in total. The van der Waals surface area contributed by atoms with E-state index in [1.54, 1.807) is 30.3 Å². The predicted molar refractivity (Wildman–Crippen MR) is 102 cm³/mol. The molecule has 9 heteroatoms. The van der Waals surface area contributed by atoms with Crippen LogP contribution in [0.15, 0.2) is 45.6 Å². The fourth-order valence-corrected chi connectivity index (χ4v) is 2.77. The summed E-state index contributed by atoms with van der Waals surface area (Å²) < 4.78 is 23.6. The Morgan fingerprint density at radius 1 is 1.28 bits per heavy atom. The van der Waals surface area contributed by atoms with Gasteiger partial charge in [-0.05, 0) is 48.6 Å². The molecule has 2 aromatic heterocycles. The third-order valence-corrected chi connectivity index (χ3v) is 4.07. The molecule has 2 heterocycles. The van der Waals surface area contributed by atoms with Crippen LogP contribution in [0.3, 0.4) is 0 Å². The number of H-pyrrole nitrogens is 1. The maximum absolute atomic E-state index is 13.0. The van der Waals surface area contributed by atoms with Gasteiger partial charge in [0.25, 0.3) is 11.2 Å². The summed E-state index contributed by atoms with van der Waals surface area (Å²) in [6.07, 6.45) is 2.75. The number of rotatable bonds is 6. The summed E-state index contributed by atoms with van der Waals surface area (Å²) in [5, 5.41) is 20.7. The van der Waals surface area contributed by atoms with Crippen LogP contribution in [0.1, 0.15) is 22.6 Å². The number of benzene rings is 1. The van der Waals surface area contributed by atoms with Crippen LogP contribution >= 0.6 is 0 Å². The molecule has 0 amide bonds. The molecule has 0 radical (unpaired) electrons. The molecule has 1 aromatic carbocycles. The van der Waals surface area contributed by atoms with Gasteiger partial charge < -0.3 is 14.1 Å². The molecular formula is C20H14FN3O5. The Labute approximate surface area is 163 Å². The van der Waals surface area contributed by atoms with E-state index in [9.17, 15) is 19.3 Å². The number of hydrogen-bond acceptors (Lipinski definition) is 6. The number of ether oxygens (including phenoxy) is 1. The van der Waals surface area contributed by atoms with E-state index in [1.165, 1.54) is 31.4 Å². The summed E-state index contributed by atoms with van der Waals surface area (Å²) in [4.78, 5) is 25.3. The summed E-state index contributed by atoms with van der Waals surface area (Å²) in [6.45, 7) is -0.264. The van der Waals surface area contributed by atoms with Crippen molar-refractivity contribution in [2.24, 2.45) is 0 Å². The van der Waals surface area contributed by atoms with Crippen LogP contribution in [0.5, 0.6) is 0 Å². The molecule has 0 saturated carbocycles. The number of nitrogens with one attached hydrogen (secondary N) is 1. The first-order chi connectivity index (χ1) is 13.9. The topological polar surface area (TPSA) is 122 Å². The van der Waals surface area contributed by atoms with Gasteiger partial charge in [0.15, 0.2) is 0 Å². The molecule has 0 bridgehead atoms. The van der Waals surface area contributed by atoms with Gasteiger partial charge in [-0.15, -0.1) is 0 Å². The Hall–Kier alpha value is -4.03. The third kappa shape index (κ3) is 4.12. The first-order valence-electron chi connectivity index (χ1n) is 8.31. The number of nitro groups is 1. The number of furan rings is 1. The van der Waals surface area contributed by atoms with Gasteiger partial charge in [0.1, 0.15) is 34.7 Å². The zero-order valence-corrected chi connectivity index (χ0v) is 15.1. The van der Waals surface area contributed by atoms with Crippen LogP contribution in [-0.4, -0.2) is 17.0 Å². The summed E-state index contributed by atoms with van der Waals surface area (Å²) in [5.74, 6) is 0.467. The van der Waals surface area contributed by atoms with Crippen LogP contribution in [0, 0.1) is 27.3 Å². The highest BCUT2D eigenvalue weighted by molar-refractivity contribution is 5.73. The van der Waals surface area contributed by atoms with Crippen molar-refractivity contribution >= 4 is 17.8 Å². The lowest BCUT2D eigenvalue weighted by atomic mass is 10.1. The lowest BCUT2D eigenvalue weighted by Gasteiger charge is -2.06. The Balaban J connectivity index is 2.01. The summed E-state index contributed by atoms with van der Waals surface area (Å²) in [7, 11) is 1.31. The first kappa shape index (κ1) is 19.7. The van der Waals surface area contributed by atoms with E-state index in [2.05, 4.69) is 4.98 Å². The SMILES string of the molecule is COCc1c([N+](=O)[O-])c(C=Cc2ccc(-c3ccc(F)cc3)o2)[nH]c(=O)c1C#N. The molecule has 0 fully saturated rings. The fourth-order valence-electron chi connectivity index (χ4n) is 2.77. The number of nitrogens with zero attached hydrogens (tertiary/aromatic N) is 2. The maximum atomic E-state index is 13.0. The maximum Gasteiger partial charge on any atom is 0.299 e. The second-order valence-corrected chi connectivity index (χ2v) is 5.91. The van der Waals surface area contributed by atoms with Crippen molar-refractivity contribution in [1.82, 2.24) is 4.98 Å². The molecule has 0 saturated heterocycles. The Morgan fingerprint density at radius 3 is 2.62 bits per heavy atom. The standard InChI is InChI=1S/C20H14FN3O5/c1-28-11-16-15(10-22)20(25)23-17(19(16)24(26)27)8-6-14-7-9-18(29-14)12-2-4-13(21)5-3-12/h2-9H,11H2,1H3,(H,23,25). The van der Waals surface area contributed by atoms with E-state index in [-0.39, 0.29) is 29.2 Å². The lowest BCUT2D eigenvalue weighted by molar-refractivity contribution is -0.386. The number of aromatic nitrogens is 1. The van der Waals surface area contributed by atoms with Gasteiger partial charge in [0.2, 0.25) is 0 Å². The normalized spacial score (nSPS) is 10.9. The Kier molecular flexibility index (Phi) is 5.66. The molecule has 0 aliphatic heterocycles. The first-order valence-corrected chi connectivity index (χ1v) is 8.31. The average Bonchev–Trinajstić information content (AvgIpc) is 3.16. The quantitative estimate of drug-likeness (QED) is 0.499. The Morgan fingerprint density at radius 2 is 2.00 bits per heavy atom. The average molecular weight is 395 g/mol. The van der Waals surface area contributed by atoms with E-state index in [0.29, 0.717) is 17.1 Å². The zero-order valence-electron chi connectivity index (χ0n) is 15.1. The second kappa shape index (κ2) is 8.33. The van der Waals surface area contributed by atoms with Gasteiger partial charge >= 0.3 is 0 Å². The molecule has 3 rings (SSSR count). The predicted octanol–water partition coefficient (Wildman–Crippen LogP) is 3.87. The van der Waals surface area contributed by atoms with Crippen molar-refractivity contribution in [3.05, 3.63) is 85.3 Å². The summed E-state index contributed by atoms with van der Waals surface area (Å²) in [6, 6.07) is 10.7. The second-order valence-electron chi connectivity index (χ2n) is 5.91. The number of aromatic amines is 1. The number of methoxy groups -OCH3 is 1. The van der Waals surface area contributed by atoms with Crippen molar-refractivity contribution in [3.63, 3.8) is 0 Å². The van der Waals surface area contributed by atoms with Gasteiger partial charge in [0, 0.05) is 12.7 Å². The minimum absolute atomic E-state index is 0.0919. The van der Waals surface area contributed by atoms with Gasteiger partial charge in [-0.3, -0.25) is 14.9 Å². The third-order valence-electron chi connectivity index (χ3n) is 4.07. The molecule has 8 nitrogen and oxygen atoms in total. The fraction of sp³-hybridized carbons (Fsp3) is 0.100. The highest BCUT2D eigenvalue weighted by Crippen LogP contribution is 2.27. The lowest BCUT2D eigenvalue weighted by Crippen LogP contribution is -2.18. The summed E-state index contributed by atoms with van der Waals surface area (Å²) >= 11 is 0. The van der Waals surface area contributed by atoms with Gasteiger partial charge in [-0.1, -0.05) is 0 Å². The Bertz CT molecular complexity index is 1190. The van der Waals surface area contributed by atoms with Crippen LogP contribution < -0.4 is 5.56 Å². The molecule has 29 heavy (non-hydrogen) atoms. The van der Waals surface area contributed by atoms with E-state index in [0.717, 1.165) is 0 Å². The molecule has 0 atom stereocenters. The molecule has 0 aliphatic rings. The van der Waals surface area contributed by atoms with Crippen molar-refractivity contribution < 1.29 is 18.5 Å². The van der Waals surface area contributed by atoms with Crippen molar-refractivity contribution in [1.29, 1.82) is 5.26 Å². The minimum atomic E-state index is -0.753. The molecular weight excluding hydrogens is 381 g/mol. The van der Waals surface area contributed by atoms with Crippen molar-refractivity contribution in [3.8, 4) is 17.4 Å². The number of nitriles is 1. The highest BCUT2D eigenvalue weighted by Gasteiger charge is 2.25. The summed E-state index contributed by atoms with van der Waals surface area (Å²) in [5.41, 5.74) is -1.08. The zero-order chi connectivity index (χ0) is 21.0. The monoisotopic (exact) mass is 395 g/mol. The number of pyridine rings is 1. The van der Waals surface area contributed by atoms with Crippen molar-refractivity contribution in [2.45, 2.75) is 6.61 Å². The van der Waals surface area contributed by atoms with Crippen LogP contribution in [0.25, 0.3) is 23.5 Å². The van der Waals surface area contributed by atoms with E-state index < -0.39 is 16.2 Å². The van der Waals surface area contributed by atoms with Gasteiger partial charge in [-0.2, -0.15) is 5.26 Å². The van der Waals surface area contributed by atoms with Gasteiger partial charge in [0.05, 0.1) is 17.1 Å². The van der Waals surface area contributed by atoms with Crippen LogP contribution in [-0.2, 0) is 11.3 Å². The number of halogens is 1. The van der Waals surface area contributed by atoms with E-state index in [4.69, 9.17) is 14.4 Å². The van der Waals surface area contributed by atoms with E-state index in [1.807, 2.05) is 0 Å². The highest BCUT2D eigenvalue weighted by atomic mass is 19.1. The van der Waals surface area contributed by atoms with Crippen LogP contribution in [0.2, 0.25) is 0 Å². The molecule has 0 unspecified atom stereocenters. The molecule has 146 valence electrons.